The average molecular weight is 448 g/mol. The van der Waals surface area contributed by atoms with Gasteiger partial charge in [0, 0.05) is 35.2 Å². The van der Waals surface area contributed by atoms with Gasteiger partial charge in [0.1, 0.15) is 11.6 Å². The van der Waals surface area contributed by atoms with E-state index in [9.17, 15) is 9.18 Å². The van der Waals surface area contributed by atoms with E-state index in [2.05, 4.69) is 6.07 Å². The SMILES string of the molecule is Cc1ccc(N2C[C@H](c3nc4ccccc4n3Cc3c(F)cccc3Cl)CC2=O)c(C)c1. The molecule has 1 atom stereocenters. The Hall–Kier alpha value is -3.18. The summed E-state index contributed by atoms with van der Waals surface area (Å²) in [5.41, 5.74) is 5.33. The number of carbonyl (C=O) groups is 1. The molecule has 0 unspecified atom stereocenters. The number of benzene rings is 3. The van der Waals surface area contributed by atoms with Crippen molar-refractivity contribution in [3.63, 3.8) is 0 Å². The van der Waals surface area contributed by atoms with E-state index in [1.54, 1.807) is 12.1 Å². The molecule has 4 nitrogen and oxygen atoms in total. The highest BCUT2D eigenvalue weighted by molar-refractivity contribution is 6.31. The van der Waals surface area contributed by atoms with Gasteiger partial charge < -0.3 is 9.47 Å². The largest absolute Gasteiger partial charge is 0.323 e. The molecule has 0 aliphatic carbocycles. The van der Waals surface area contributed by atoms with E-state index in [1.165, 1.54) is 6.07 Å². The predicted octanol–water partition coefficient (Wildman–Crippen LogP) is 6.01. The van der Waals surface area contributed by atoms with Crippen LogP contribution in [-0.2, 0) is 11.3 Å². The number of anilines is 1. The molecule has 6 heteroatoms. The second-order valence-electron chi connectivity index (χ2n) is 8.44. The Balaban J connectivity index is 1.56. The molecule has 3 aromatic carbocycles. The molecule has 1 aliphatic heterocycles. The summed E-state index contributed by atoms with van der Waals surface area (Å²) in [5.74, 6) is 0.414. The van der Waals surface area contributed by atoms with Crippen LogP contribution >= 0.6 is 11.6 Å². The number of aryl methyl sites for hydroxylation is 2. The smallest absolute Gasteiger partial charge is 0.227 e. The van der Waals surface area contributed by atoms with Crippen LogP contribution in [0.15, 0.2) is 60.7 Å². The van der Waals surface area contributed by atoms with Crippen molar-refractivity contribution in [2.24, 2.45) is 0 Å². The molecule has 0 bridgehead atoms. The number of hydrogen-bond acceptors (Lipinski definition) is 2. The van der Waals surface area contributed by atoms with Crippen LogP contribution in [0.4, 0.5) is 10.1 Å². The predicted molar refractivity (Wildman–Crippen MR) is 126 cm³/mol. The quantitative estimate of drug-likeness (QED) is 0.384. The zero-order chi connectivity index (χ0) is 22.4. The number of imidazole rings is 1. The molecular weight excluding hydrogens is 425 g/mol. The number of nitrogens with zero attached hydrogens (tertiary/aromatic N) is 3. The Morgan fingerprint density at radius 1 is 1.09 bits per heavy atom. The van der Waals surface area contributed by atoms with Crippen molar-refractivity contribution in [1.82, 2.24) is 9.55 Å². The average Bonchev–Trinajstić information content (AvgIpc) is 3.31. The van der Waals surface area contributed by atoms with E-state index < -0.39 is 0 Å². The summed E-state index contributed by atoms with van der Waals surface area (Å²) in [6.45, 7) is 4.87. The van der Waals surface area contributed by atoms with Crippen molar-refractivity contribution in [1.29, 1.82) is 0 Å². The van der Waals surface area contributed by atoms with Gasteiger partial charge in [-0.25, -0.2) is 9.37 Å². The van der Waals surface area contributed by atoms with E-state index >= 15 is 0 Å². The summed E-state index contributed by atoms with van der Waals surface area (Å²) in [5, 5.41) is 0.383. The number of aromatic nitrogens is 2. The highest BCUT2D eigenvalue weighted by atomic mass is 35.5. The van der Waals surface area contributed by atoms with Crippen molar-refractivity contribution in [2.75, 3.05) is 11.4 Å². The van der Waals surface area contributed by atoms with Gasteiger partial charge in [0.15, 0.2) is 0 Å². The summed E-state index contributed by atoms with van der Waals surface area (Å²) in [6, 6.07) is 18.6. The van der Waals surface area contributed by atoms with E-state index in [0.717, 1.165) is 33.7 Å². The van der Waals surface area contributed by atoms with Gasteiger partial charge in [-0.3, -0.25) is 4.79 Å². The molecule has 1 amide bonds. The zero-order valence-corrected chi connectivity index (χ0v) is 18.7. The molecule has 0 saturated carbocycles. The lowest BCUT2D eigenvalue weighted by molar-refractivity contribution is -0.117. The molecule has 1 aliphatic rings. The van der Waals surface area contributed by atoms with Crippen molar-refractivity contribution in [3.8, 4) is 0 Å². The molecule has 5 rings (SSSR count). The fourth-order valence-corrected chi connectivity index (χ4v) is 4.86. The van der Waals surface area contributed by atoms with Gasteiger partial charge in [-0.1, -0.05) is 47.5 Å². The first-order chi connectivity index (χ1) is 15.4. The first-order valence-corrected chi connectivity index (χ1v) is 11.1. The summed E-state index contributed by atoms with van der Waals surface area (Å²) in [4.78, 5) is 19.7. The Bertz CT molecular complexity index is 1330. The Labute approximate surface area is 191 Å². The van der Waals surface area contributed by atoms with Gasteiger partial charge in [-0.05, 0) is 49.7 Å². The van der Waals surface area contributed by atoms with Crippen molar-refractivity contribution in [2.45, 2.75) is 32.7 Å². The van der Waals surface area contributed by atoms with Crippen LogP contribution in [-0.4, -0.2) is 22.0 Å². The maximum absolute atomic E-state index is 14.6. The zero-order valence-electron chi connectivity index (χ0n) is 18.0. The molecule has 1 saturated heterocycles. The summed E-state index contributed by atoms with van der Waals surface area (Å²) >= 11 is 6.33. The molecule has 1 aromatic heterocycles. The standard InChI is InChI=1S/C26H23ClFN3O/c1-16-10-11-23(17(2)12-16)30-14-18(13-25(30)32)26-29-22-8-3-4-9-24(22)31(26)15-19-20(27)6-5-7-21(19)28/h3-12,18H,13-15H2,1-2H3/t18-/m1/s1. The number of carbonyl (C=O) groups excluding carboxylic acids is 1. The van der Waals surface area contributed by atoms with Gasteiger partial charge in [-0.2, -0.15) is 0 Å². The summed E-state index contributed by atoms with van der Waals surface area (Å²) < 4.78 is 16.6. The van der Waals surface area contributed by atoms with Gasteiger partial charge in [0.25, 0.3) is 0 Å². The molecule has 4 aromatic rings. The Kier molecular flexibility index (Phi) is 5.22. The van der Waals surface area contributed by atoms with Gasteiger partial charge in [-0.15, -0.1) is 0 Å². The number of para-hydroxylation sites is 2. The molecular formula is C26H23ClFN3O. The van der Waals surface area contributed by atoms with Crippen LogP contribution < -0.4 is 4.90 Å². The molecule has 0 spiro atoms. The molecule has 162 valence electrons. The highest BCUT2D eigenvalue weighted by Crippen LogP contribution is 2.35. The molecule has 1 fully saturated rings. The van der Waals surface area contributed by atoms with Crippen LogP contribution in [0, 0.1) is 19.7 Å². The third-order valence-electron chi connectivity index (χ3n) is 6.20. The first-order valence-electron chi connectivity index (χ1n) is 10.7. The lowest BCUT2D eigenvalue weighted by Crippen LogP contribution is -2.25. The number of amides is 1. The van der Waals surface area contributed by atoms with Gasteiger partial charge >= 0.3 is 0 Å². The summed E-state index contributed by atoms with van der Waals surface area (Å²) in [6.07, 6.45) is 0.363. The van der Waals surface area contributed by atoms with Crippen LogP contribution in [0.2, 0.25) is 5.02 Å². The van der Waals surface area contributed by atoms with Gasteiger partial charge in [0.05, 0.1) is 17.6 Å². The van der Waals surface area contributed by atoms with Crippen LogP contribution in [0.1, 0.15) is 34.9 Å². The minimum absolute atomic E-state index is 0.0736. The molecule has 0 N–H and O–H groups in total. The van der Waals surface area contributed by atoms with E-state index in [4.69, 9.17) is 16.6 Å². The minimum atomic E-state index is -0.347. The van der Waals surface area contributed by atoms with Crippen LogP contribution in [0.3, 0.4) is 0 Å². The normalized spacial score (nSPS) is 16.3. The van der Waals surface area contributed by atoms with Crippen LogP contribution in [0.5, 0.6) is 0 Å². The third kappa shape index (κ3) is 3.56. The van der Waals surface area contributed by atoms with Gasteiger partial charge in [0.2, 0.25) is 5.91 Å². The van der Waals surface area contributed by atoms with Crippen molar-refractivity contribution < 1.29 is 9.18 Å². The van der Waals surface area contributed by atoms with E-state index in [-0.39, 0.29) is 24.2 Å². The number of rotatable bonds is 4. The third-order valence-corrected chi connectivity index (χ3v) is 6.55. The first kappa shape index (κ1) is 20.7. The maximum atomic E-state index is 14.6. The lowest BCUT2D eigenvalue weighted by Gasteiger charge is -2.20. The highest BCUT2D eigenvalue weighted by Gasteiger charge is 2.35. The van der Waals surface area contributed by atoms with Crippen LogP contribution in [0.25, 0.3) is 11.0 Å². The Morgan fingerprint density at radius 3 is 2.69 bits per heavy atom. The fourth-order valence-electron chi connectivity index (χ4n) is 4.64. The second kappa shape index (κ2) is 8.06. The molecule has 2 heterocycles. The number of halogens is 2. The Morgan fingerprint density at radius 2 is 1.91 bits per heavy atom. The summed E-state index contributed by atoms with van der Waals surface area (Å²) in [7, 11) is 0. The second-order valence-corrected chi connectivity index (χ2v) is 8.85. The fraction of sp³-hybridized carbons (Fsp3) is 0.231. The monoisotopic (exact) mass is 447 g/mol. The number of fused-ring (bicyclic) bond motifs is 1. The topological polar surface area (TPSA) is 38.1 Å². The maximum Gasteiger partial charge on any atom is 0.227 e. The van der Waals surface area contributed by atoms with E-state index in [0.29, 0.717) is 23.6 Å². The molecule has 32 heavy (non-hydrogen) atoms. The van der Waals surface area contributed by atoms with E-state index in [1.807, 2.05) is 59.7 Å². The minimum Gasteiger partial charge on any atom is -0.323 e. The lowest BCUT2D eigenvalue weighted by atomic mass is 10.1. The van der Waals surface area contributed by atoms with Crippen molar-refractivity contribution >= 4 is 34.2 Å². The van der Waals surface area contributed by atoms with Crippen molar-refractivity contribution in [3.05, 3.63) is 94.0 Å². The molecule has 0 radical (unpaired) electrons. The number of hydrogen-bond donors (Lipinski definition) is 0.